The first-order valence-corrected chi connectivity index (χ1v) is 10.5. The summed E-state index contributed by atoms with van der Waals surface area (Å²) < 4.78 is 1.74. The van der Waals surface area contributed by atoms with E-state index in [0.29, 0.717) is 21.6 Å². The van der Waals surface area contributed by atoms with E-state index in [9.17, 15) is 4.79 Å². The van der Waals surface area contributed by atoms with E-state index in [-0.39, 0.29) is 5.91 Å². The van der Waals surface area contributed by atoms with Crippen molar-refractivity contribution in [3.05, 3.63) is 82.6 Å². The molecule has 152 valence electrons. The van der Waals surface area contributed by atoms with Gasteiger partial charge in [0.1, 0.15) is 0 Å². The summed E-state index contributed by atoms with van der Waals surface area (Å²) in [6, 6.07) is 17.7. The maximum Gasteiger partial charge on any atom is 0.258 e. The summed E-state index contributed by atoms with van der Waals surface area (Å²) in [6.07, 6.45) is 4.87. The Hall–Kier alpha value is -3.18. The van der Waals surface area contributed by atoms with Crippen molar-refractivity contribution in [2.24, 2.45) is 0 Å². The van der Waals surface area contributed by atoms with Crippen LogP contribution in [0, 0.1) is 6.92 Å². The van der Waals surface area contributed by atoms with Crippen LogP contribution in [0.5, 0.6) is 0 Å². The van der Waals surface area contributed by atoms with E-state index >= 15 is 0 Å². The predicted octanol–water partition coefficient (Wildman–Crippen LogP) is 5.98. The third-order valence-electron chi connectivity index (χ3n) is 5.08. The number of para-hydroxylation sites is 1. The van der Waals surface area contributed by atoms with Gasteiger partial charge in [0.05, 0.1) is 27.4 Å². The van der Waals surface area contributed by atoms with Crippen molar-refractivity contribution in [1.29, 1.82) is 0 Å². The Morgan fingerprint density at radius 2 is 1.83 bits per heavy atom. The lowest BCUT2D eigenvalue weighted by Gasteiger charge is -2.09. The molecule has 0 aliphatic rings. The average molecular weight is 419 g/mol. The number of aryl methyl sites for hydroxylation is 2. The molecule has 0 saturated carbocycles. The fourth-order valence-electron chi connectivity index (χ4n) is 3.45. The molecule has 0 radical (unpaired) electrons. The number of halogens is 1. The molecule has 5 nitrogen and oxygen atoms in total. The number of unbranched alkanes of at least 4 members (excludes halogenated alkanes) is 1. The van der Waals surface area contributed by atoms with Crippen LogP contribution in [0.15, 0.2) is 60.8 Å². The van der Waals surface area contributed by atoms with Gasteiger partial charge in [-0.05, 0) is 49.6 Å². The minimum atomic E-state index is -0.289. The van der Waals surface area contributed by atoms with Crippen LogP contribution in [-0.2, 0) is 6.42 Å². The molecule has 0 aliphatic carbocycles. The summed E-state index contributed by atoms with van der Waals surface area (Å²) in [5.41, 5.74) is 4.56. The second-order valence-electron chi connectivity index (χ2n) is 7.27. The van der Waals surface area contributed by atoms with Crippen LogP contribution >= 0.6 is 11.6 Å². The normalized spacial score (nSPS) is 11.0. The van der Waals surface area contributed by atoms with Crippen LogP contribution in [0.4, 0.5) is 5.69 Å². The molecule has 2 heterocycles. The van der Waals surface area contributed by atoms with Crippen molar-refractivity contribution in [1.82, 2.24) is 14.8 Å². The highest BCUT2D eigenvalue weighted by Crippen LogP contribution is 2.30. The number of amides is 1. The standard InChI is InChI=1S/C24H23ClN4O/c1-3-4-8-17-11-13-18(14-12-17)27-24(30)20-15-26-23-21(22(20)25)16(2)28-29(23)19-9-6-5-7-10-19/h5-7,9-15H,3-4,8H2,1-2H3,(H,27,30). The first-order valence-electron chi connectivity index (χ1n) is 10.1. The Kier molecular flexibility index (Phi) is 5.81. The number of carbonyl (C=O) groups is 1. The lowest BCUT2D eigenvalue weighted by molar-refractivity contribution is 0.102. The van der Waals surface area contributed by atoms with Crippen LogP contribution in [-0.4, -0.2) is 20.7 Å². The van der Waals surface area contributed by atoms with E-state index < -0.39 is 0 Å². The van der Waals surface area contributed by atoms with Gasteiger partial charge in [0.25, 0.3) is 5.91 Å². The van der Waals surface area contributed by atoms with Crippen molar-refractivity contribution in [2.75, 3.05) is 5.32 Å². The van der Waals surface area contributed by atoms with Crippen LogP contribution in [0.2, 0.25) is 5.02 Å². The van der Waals surface area contributed by atoms with Gasteiger partial charge in [0.15, 0.2) is 5.65 Å². The zero-order chi connectivity index (χ0) is 21.1. The van der Waals surface area contributed by atoms with Gasteiger partial charge in [-0.1, -0.05) is 55.3 Å². The summed E-state index contributed by atoms with van der Waals surface area (Å²) in [6.45, 7) is 4.04. The van der Waals surface area contributed by atoms with Gasteiger partial charge in [-0.15, -0.1) is 0 Å². The van der Waals surface area contributed by atoms with Crippen molar-refractivity contribution in [2.45, 2.75) is 33.1 Å². The Morgan fingerprint density at radius 3 is 2.53 bits per heavy atom. The molecule has 0 spiro atoms. The molecule has 0 unspecified atom stereocenters. The number of hydrogen-bond donors (Lipinski definition) is 1. The van der Waals surface area contributed by atoms with Crippen LogP contribution < -0.4 is 5.32 Å². The lowest BCUT2D eigenvalue weighted by Crippen LogP contribution is -2.13. The molecule has 1 N–H and O–H groups in total. The van der Waals surface area contributed by atoms with E-state index in [1.807, 2.05) is 61.5 Å². The number of fused-ring (bicyclic) bond motifs is 1. The second-order valence-corrected chi connectivity index (χ2v) is 7.65. The number of carbonyl (C=O) groups excluding carboxylic acids is 1. The highest BCUT2D eigenvalue weighted by atomic mass is 35.5. The van der Waals surface area contributed by atoms with E-state index in [2.05, 4.69) is 22.3 Å². The molecule has 0 saturated heterocycles. The average Bonchev–Trinajstić information content (AvgIpc) is 3.11. The topological polar surface area (TPSA) is 59.8 Å². The first-order chi connectivity index (χ1) is 14.6. The Balaban J connectivity index is 1.62. The maximum atomic E-state index is 12.9. The molecular formula is C24H23ClN4O. The summed E-state index contributed by atoms with van der Waals surface area (Å²) in [5, 5.41) is 8.53. The fraction of sp³-hybridized carbons (Fsp3) is 0.208. The number of nitrogens with zero attached hydrogens (tertiary/aromatic N) is 3. The van der Waals surface area contributed by atoms with E-state index in [4.69, 9.17) is 11.6 Å². The minimum Gasteiger partial charge on any atom is -0.322 e. The molecule has 2 aromatic carbocycles. The quantitative estimate of drug-likeness (QED) is 0.419. The number of aromatic nitrogens is 3. The minimum absolute atomic E-state index is 0.289. The zero-order valence-corrected chi connectivity index (χ0v) is 17.8. The van der Waals surface area contributed by atoms with Crippen molar-refractivity contribution < 1.29 is 4.79 Å². The van der Waals surface area contributed by atoms with Gasteiger partial charge in [-0.3, -0.25) is 4.79 Å². The smallest absolute Gasteiger partial charge is 0.258 e. The summed E-state index contributed by atoms with van der Waals surface area (Å²) in [7, 11) is 0. The predicted molar refractivity (Wildman–Crippen MR) is 122 cm³/mol. The van der Waals surface area contributed by atoms with E-state index in [0.717, 1.165) is 36.3 Å². The molecule has 2 aromatic heterocycles. The van der Waals surface area contributed by atoms with Crippen molar-refractivity contribution >= 4 is 34.2 Å². The van der Waals surface area contributed by atoms with E-state index in [1.54, 1.807) is 4.68 Å². The number of pyridine rings is 1. The highest BCUT2D eigenvalue weighted by molar-refractivity contribution is 6.39. The SMILES string of the molecule is CCCCc1ccc(NC(=O)c2cnc3c(c(C)nn3-c3ccccc3)c2Cl)cc1. The summed E-state index contributed by atoms with van der Waals surface area (Å²) in [5.74, 6) is -0.289. The van der Waals surface area contributed by atoms with Gasteiger partial charge in [0.2, 0.25) is 0 Å². The molecule has 0 aliphatic heterocycles. The van der Waals surface area contributed by atoms with Crippen LogP contribution in [0.1, 0.15) is 41.4 Å². The first kappa shape index (κ1) is 20.1. The number of benzene rings is 2. The molecule has 0 atom stereocenters. The van der Waals surface area contributed by atoms with Gasteiger partial charge in [-0.25, -0.2) is 9.67 Å². The Morgan fingerprint density at radius 1 is 1.10 bits per heavy atom. The van der Waals surface area contributed by atoms with E-state index in [1.165, 1.54) is 11.8 Å². The molecule has 0 bridgehead atoms. The third kappa shape index (κ3) is 3.94. The lowest BCUT2D eigenvalue weighted by atomic mass is 10.1. The maximum absolute atomic E-state index is 12.9. The van der Waals surface area contributed by atoms with Gasteiger partial charge < -0.3 is 5.32 Å². The third-order valence-corrected chi connectivity index (χ3v) is 5.48. The Bertz CT molecular complexity index is 1180. The number of anilines is 1. The number of rotatable bonds is 6. The number of nitrogens with one attached hydrogen (secondary N) is 1. The second kappa shape index (κ2) is 8.67. The van der Waals surface area contributed by atoms with Gasteiger partial charge in [0, 0.05) is 11.9 Å². The molecule has 6 heteroatoms. The number of hydrogen-bond acceptors (Lipinski definition) is 3. The fourth-order valence-corrected chi connectivity index (χ4v) is 3.81. The molecule has 4 rings (SSSR count). The molecule has 1 amide bonds. The summed E-state index contributed by atoms with van der Waals surface area (Å²) >= 11 is 6.64. The van der Waals surface area contributed by atoms with Crippen LogP contribution in [0.3, 0.4) is 0 Å². The van der Waals surface area contributed by atoms with Gasteiger partial charge >= 0.3 is 0 Å². The van der Waals surface area contributed by atoms with Crippen LogP contribution in [0.25, 0.3) is 16.7 Å². The van der Waals surface area contributed by atoms with Gasteiger partial charge in [-0.2, -0.15) is 5.10 Å². The molecule has 30 heavy (non-hydrogen) atoms. The zero-order valence-electron chi connectivity index (χ0n) is 17.0. The monoisotopic (exact) mass is 418 g/mol. The molecule has 0 fully saturated rings. The van der Waals surface area contributed by atoms with Crippen molar-refractivity contribution in [3.63, 3.8) is 0 Å². The molecule has 4 aromatic rings. The summed E-state index contributed by atoms with van der Waals surface area (Å²) in [4.78, 5) is 17.4. The largest absolute Gasteiger partial charge is 0.322 e. The highest BCUT2D eigenvalue weighted by Gasteiger charge is 2.20. The molecular weight excluding hydrogens is 396 g/mol. The Labute approximate surface area is 180 Å². The van der Waals surface area contributed by atoms with Crippen molar-refractivity contribution in [3.8, 4) is 5.69 Å².